The second-order valence-corrected chi connectivity index (χ2v) is 11.0. The molecule has 2 heterocycles. The lowest BCUT2D eigenvalue weighted by Gasteiger charge is -2.25. The summed E-state index contributed by atoms with van der Waals surface area (Å²) >= 11 is 1.34. The molecular formula is C22H32N4O2S2. The fourth-order valence-electron chi connectivity index (χ4n) is 3.52. The normalized spacial score (nSPS) is 16.9. The molecule has 1 aliphatic heterocycles. The molecule has 0 saturated carbocycles. The summed E-state index contributed by atoms with van der Waals surface area (Å²) in [5, 5.41) is 6.71. The van der Waals surface area contributed by atoms with Crippen LogP contribution in [0.5, 0.6) is 0 Å². The van der Waals surface area contributed by atoms with Crippen molar-refractivity contribution in [3.63, 3.8) is 0 Å². The van der Waals surface area contributed by atoms with Gasteiger partial charge in [0.15, 0.2) is 5.96 Å². The minimum absolute atomic E-state index is 0.273. The van der Waals surface area contributed by atoms with Crippen molar-refractivity contribution in [1.29, 1.82) is 0 Å². The zero-order valence-electron chi connectivity index (χ0n) is 17.8. The number of hydrogen-bond acceptors (Lipinski definition) is 4. The van der Waals surface area contributed by atoms with Crippen LogP contribution in [-0.2, 0) is 23.0 Å². The zero-order valence-corrected chi connectivity index (χ0v) is 19.4. The number of aliphatic imine (C=N–C) groups is 1. The van der Waals surface area contributed by atoms with Crippen LogP contribution in [0.2, 0.25) is 0 Å². The van der Waals surface area contributed by atoms with E-state index in [1.54, 1.807) is 17.4 Å². The van der Waals surface area contributed by atoms with Gasteiger partial charge in [-0.2, -0.15) is 4.31 Å². The van der Waals surface area contributed by atoms with Gasteiger partial charge in [-0.25, -0.2) is 8.42 Å². The van der Waals surface area contributed by atoms with E-state index in [-0.39, 0.29) is 6.04 Å². The van der Waals surface area contributed by atoms with Crippen LogP contribution in [0.3, 0.4) is 0 Å². The number of benzene rings is 1. The molecule has 1 saturated heterocycles. The van der Waals surface area contributed by atoms with E-state index in [1.165, 1.54) is 16.9 Å². The second-order valence-electron chi connectivity index (χ2n) is 7.68. The molecule has 0 amide bonds. The summed E-state index contributed by atoms with van der Waals surface area (Å²) in [5.74, 6) is 0.726. The number of hydrogen-bond donors (Lipinski definition) is 2. The fraction of sp³-hybridized carbons (Fsp3) is 0.500. The number of nitrogens with zero attached hydrogens (tertiary/aromatic N) is 2. The lowest BCUT2D eigenvalue weighted by atomic mass is 10.1. The van der Waals surface area contributed by atoms with Gasteiger partial charge in [0, 0.05) is 31.1 Å². The third-order valence-electron chi connectivity index (χ3n) is 5.29. The summed E-state index contributed by atoms with van der Waals surface area (Å²) in [7, 11) is -1.61. The fourth-order valence-corrected chi connectivity index (χ4v) is 6.49. The van der Waals surface area contributed by atoms with Gasteiger partial charge in [0.1, 0.15) is 4.21 Å². The van der Waals surface area contributed by atoms with E-state index >= 15 is 0 Å². The first-order valence-electron chi connectivity index (χ1n) is 10.6. The largest absolute Gasteiger partial charge is 0.354 e. The molecule has 1 unspecified atom stereocenters. The van der Waals surface area contributed by atoms with Crippen molar-refractivity contribution in [3.05, 3.63) is 52.9 Å². The molecule has 1 fully saturated rings. The molecule has 2 N–H and O–H groups in total. The molecule has 6 nitrogen and oxygen atoms in total. The summed E-state index contributed by atoms with van der Waals surface area (Å²) in [5.41, 5.74) is 1.33. The van der Waals surface area contributed by atoms with Crippen molar-refractivity contribution in [2.75, 3.05) is 20.1 Å². The van der Waals surface area contributed by atoms with E-state index in [1.807, 2.05) is 12.1 Å². The molecule has 30 heavy (non-hydrogen) atoms. The Morgan fingerprint density at radius 3 is 2.57 bits per heavy atom. The van der Waals surface area contributed by atoms with Gasteiger partial charge in [-0.15, -0.1) is 11.3 Å². The molecular weight excluding hydrogens is 416 g/mol. The standard InChI is InChI=1S/C22H32N4O2S2/c1-18(11-12-19-9-5-3-6-10-19)25-22(23-2)24-17-20-13-14-21(29-20)30(27,28)26-15-7-4-8-16-26/h3,5-6,9-10,13-14,18H,4,7-8,11-12,15-17H2,1-2H3,(H2,23,24,25). The summed E-state index contributed by atoms with van der Waals surface area (Å²) in [6.07, 6.45) is 5.02. The third-order valence-corrected chi connectivity index (χ3v) is 8.74. The molecule has 1 aromatic heterocycles. The van der Waals surface area contributed by atoms with Gasteiger partial charge in [0.2, 0.25) is 0 Å². The Morgan fingerprint density at radius 2 is 1.87 bits per heavy atom. The predicted octanol–water partition coefficient (Wildman–Crippen LogP) is 3.61. The van der Waals surface area contributed by atoms with E-state index in [4.69, 9.17) is 0 Å². The summed E-state index contributed by atoms with van der Waals surface area (Å²) in [6, 6.07) is 14.3. The topological polar surface area (TPSA) is 73.8 Å². The van der Waals surface area contributed by atoms with E-state index in [9.17, 15) is 8.42 Å². The maximum atomic E-state index is 12.8. The number of sulfonamides is 1. The average Bonchev–Trinajstić information content (AvgIpc) is 3.26. The Labute approximate surface area is 184 Å². The van der Waals surface area contributed by atoms with Crippen molar-refractivity contribution < 1.29 is 8.42 Å². The van der Waals surface area contributed by atoms with E-state index in [2.05, 4.69) is 46.8 Å². The number of rotatable bonds is 8. The molecule has 1 atom stereocenters. The lowest BCUT2D eigenvalue weighted by Crippen LogP contribution is -2.41. The van der Waals surface area contributed by atoms with Crippen LogP contribution in [0.25, 0.3) is 0 Å². The minimum Gasteiger partial charge on any atom is -0.354 e. The van der Waals surface area contributed by atoms with Crippen molar-refractivity contribution in [1.82, 2.24) is 14.9 Å². The molecule has 0 spiro atoms. The smallest absolute Gasteiger partial charge is 0.252 e. The van der Waals surface area contributed by atoms with Crippen molar-refractivity contribution in [2.24, 2.45) is 4.99 Å². The molecule has 2 aromatic rings. The van der Waals surface area contributed by atoms with Gasteiger partial charge in [0.05, 0.1) is 6.54 Å². The Balaban J connectivity index is 1.49. The summed E-state index contributed by atoms with van der Waals surface area (Å²) < 4.78 is 27.7. The van der Waals surface area contributed by atoms with E-state index < -0.39 is 10.0 Å². The van der Waals surface area contributed by atoms with E-state index in [0.29, 0.717) is 23.8 Å². The maximum Gasteiger partial charge on any atom is 0.252 e. The third kappa shape index (κ3) is 6.30. The van der Waals surface area contributed by atoms with Gasteiger partial charge in [-0.1, -0.05) is 36.8 Å². The Morgan fingerprint density at radius 1 is 1.13 bits per heavy atom. The first-order chi connectivity index (χ1) is 14.5. The highest BCUT2D eigenvalue weighted by Gasteiger charge is 2.27. The van der Waals surface area contributed by atoms with Crippen LogP contribution in [0.1, 0.15) is 43.0 Å². The predicted molar refractivity (Wildman–Crippen MR) is 124 cm³/mol. The molecule has 0 radical (unpaired) electrons. The molecule has 8 heteroatoms. The van der Waals surface area contributed by atoms with Crippen LogP contribution in [0.4, 0.5) is 0 Å². The SMILES string of the molecule is CN=C(NCc1ccc(S(=O)(=O)N2CCCCC2)s1)NC(C)CCc1ccccc1. The maximum absolute atomic E-state index is 12.8. The monoisotopic (exact) mass is 448 g/mol. The van der Waals surface area contributed by atoms with Gasteiger partial charge in [-0.05, 0) is 50.3 Å². The van der Waals surface area contributed by atoms with Crippen molar-refractivity contribution in [3.8, 4) is 0 Å². The first kappa shape index (κ1) is 22.8. The number of guanidine groups is 1. The Hall–Kier alpha value is -1.90. The molecule has 3 rings (SSSR count). The van der Waals surface area contributed by atoms with Gasteiger partial charge < -0.3 is 10.6 Å². The summed E-state index contributed by atoms with van der Waals surface area (Å²) in [6.45, 7) is 3.95. The number of nitrogens with one attached hydrogen (secondary N) is 2. The molecule has 164 valence electrons. The first-order valence-corrected chi connectivity index (χ1v) is 12.8. The van der Waals surface area contributed by atoms with Crippen LogP contribution in [-0.4, -0.2) is 44.9 Å². The molecule has 0 bridgehead atoms. The zero-order chi connectivity index (χ0) is 21.4. The lowest BCUT2D eigenvalue weighted by molar-refractivity contribution is 0.347. The van der Waals surface area contributed by atoms with Crippen molar-refractivity contribution >= 4 is 27.3 Å². The van der Waals surface area contributed by atoms with Gasteiger partial charge in [0.25, 0.3) is 10.0 Å². The van der Waals surface area contributed by atoms with Gasteiger partial charge in [-0.3, -0.25) is 4.99 Å². The van der Waals surface area contributed by atoms with Crippen LogP contribution < -0.4 is 10.6 Å². The minimum atomic E-state index is -3.36. The van der Waals surface area contributed by atoms with Gasteiger partial charge >= 0.3 is 0 Å². The Bertz CT molecular complexity index is 920. The molecule has 1 aromatic carbocycles. The number of piperidine rings is 1. The van der Waals surface area contributed by atoms with Crippen LogP contribution in [0.15, 0.2) is 51.7 Å². The quantitative estimate of drug-likeness (QED) is 0.478. The Kier molecular flexibility index (Phi) is 8.30. The summed E-state index contributed by atoms with van der Waals surface area (Å²) in [4.78, 5) is 5.28. The molecule has 0 aliphatic carbocycles. The van der Waals surface area contributed by atoms with E-state index in [0.717, 1.165) is 42.9 Å². The average molecular weight is 449 g/mol. The molecule has 1 aliphatic rings. The highest BCUT2D eigenvalue weighted by molar-refractivity contribution is 7.91. The number of thiophene rings is 1. The second kappa shape index (κ2) is 10.9. The van der Waals surface area contributed by atoms with Crippen LogP contribution in [0, 0.1) is 0 Å². The highest BCUT2D eigenvalue weighted by Crippen LogP contribution is 2.27. The van der Waals surface area contributed by atoms with Crippen molar-refractivity contribution in [2.45, 2.75) is 55.8 Å². The van der Waals surface area contributed by atoms with Crippen LogP contribution >= 0.6 is 11.3 Å². The highest BCUT2D eigenvalue weighted by atomic mass is 32.2. The number of aryl methyl sites for hydroxylation is 1.